The molecule has 3 N–H and O–H groups in total. The Hall–Kier alpha value is -0.140. The molecule has 1 heterocycles. The molecular formula is C10H19ClN2O2S2. The van der Waals surface area contributed by atoms with Crippen LogP contribution in [0.4, 0.5) is 0 Å². The largest absolute Gasteiger partial charge is 0.327 e. The Balaban J connectivity index is 0.00000256. The Morgan fingerprint density at radius 3 is 2.59 bits per heavy atom. The number of sulfonamides is 1. The second kappa shape index (κ2) is 7.33. The molecule has 1 aromatic heterocycles. The lowest BCUT2D eigenvalue weighted by Gasteiger charge is -2.10. The molecule has 0 aliphatic carbocycles. The van der Waals surface area contributed by atoms with Gasteiger partial charge in [0.05, 0.1) is 0 Å². The highest BCUT2D eigenvalue weighted by Gasteiger charge is 2.16. The third kappa shape index (κ3) is 5.35. The van der Waals surface area contributed by atoms with E-state index >= 15 is 0 Å². The Bertz CT molecular complexity index is 431. The number of hydrogen-bond acceptors (Lipinski definition) is 4. The van der Waals surface area contributed by atoms with Gasteiger partial charge in [0, 0.05) is 17.5 Å². The van der Waals surface area contributed by atoms with Gasteiger partial charge in [-0.2, -0.15) is 0 Å². The van der Waals surface area contributed by atoms with Gasteiger partial charge in [0.25, 0.3) is 0 Å². The van der Waals surface area contributed by atoms with Crippen molar-refractivity contribution in [1.82, 2.24) is 4.72 Å². The summed E-state index contributed by atoms with van der Waals surface area (Å²) in [5.41, 5.74) is 5.75. The second-order valence-electron chi connectivity index (χ2n) is 3.77. The average molecular weight is 299 g/mol. The van der Waals surface area contributed by atoms with Crippen molar-refractivity contribution in [3.05, 3.63) is 17.0 Å². The van der Waals surface area contributed by atoms with Gasteiger partial charge in [0.15, 0.2) is 0 Å². The summed E-state index contributed by atoms with van der Waals surface area (Å²) in [6.07, 6.45) is 1.78. The molecular weight excluding hydrogens is 280 g/mol. The van der Waals surface area contributed by atoms with E-state index in [1.807, 2.05) is 13.8 Å². The van der Waals surface area contributed by atoms with Crippen LogP contribution in [-0.2, 0) is 10.0 Å². The SMILES string of the molecule is CCCC(N)CNS(=O)(=O)c1ccc(C)s1.Cl. The molecule has 1 aromatic rings. The smallest absolute Gasteiger partial charge is 0.250 e. The molecule has 7 heteroatoms. The van der Waals surface area contributed by atoms with E-state index in [0.717, 1.165) is 17.7 Å². The van der Waals surface area contributed by atoms with Crippen molar-refractivity contribution in [2.75, 3.05) is 6.54 Å². The van der Waals surface area contributed by atoms with Gasteiger partial charge in [-0.05, 0) is 25.5 Å². The Morgan fingerprint density at radius 2 is 2.12 bits per heavy atom. The van der Waals surface area contributed by atoms with Crippen molar-refractivity contribution in [2.45, 2.75) is 36.9 Å². The van der Waals surface area contributed by atoms with Crippen LogP contribution in [0.5, 0.6) is 0 Å². The molecule has 0 saturated carbocycles. The van der Waals surface area contributed by atoms with Gasteiger partial charge in [0.1, 0.15) is 4.21 Å². The molecule has 0 aliphatic heterocycles. The summed E-state index contributed by atoms with van der Waals surface area (Å²) in [7, 11) is -3.36. The molecule has 0 aromatic carbocycles. The van der Waals surface area contributed by atoms with E-state index in [1.54, 1.807) is 12.1 Å². The predicted molar refractivity (Wildman–Crippen MR) is 74.4 cm³/mol. The second-order valence-corrected chi connectivity index (χ2v) is 7.05. The molecule has 0 bridgehead atoms. The number of nitrogens with two attached hydrogens (primary N) is 1. The summed E-state index contributed by atoms with van der Waals surface area (Å²) in [6.45, 7) is 4.20. The summed E-state index contributed by atoms with van der Waals surface area (Å²) in [6, 6.07) is 3.31. The fourth-order valence-electron chi connectivity index (χ4n) is 1.32. The number of thiophene rings is 1. The van der Waals surface area contributed by atoms with Crippen molar-refractivity contribution in [1.29, 1.82) is 0 Å². The molecule has 4 nitrogen and oxygen atoms in total. The fourth-order valence-corrected chi connectivity index (χ4v) is 3.74. The lowest BCUT2D eigenvalue weighted by Crippen LogP contribution is -2.36. The lowest BCUT2D eigenvalue weighted by molar-refractivity contribution is 0.554. The summed E-state index contributed by atoms with van der Waals surface area (Å²) in [5, 5.41) is 0. The van der Waals surface area contributed by atoms with Crippen molar-refractivity contribution in [2.24, 2.45) is 5.73 Å². The minimum Gasteiger partial charge on any atom is -0.327 e. The van der Waals surface area contributed by atoms with Gasteiger partial charge in [0.2, 0.25) is 10.0 Å². The molecule has 0 spiro atoms. The maximum atomic E-state index is 11.8. The minimum absolute atomic E-state index is 0. The maximum absolute atomic E-state index is 11.8. The average Bonchev–Trinajstić information content (AvgIpc) is 2.63. The van der Waals surface area contributed by atoms with Gasteiger partial charge in [-0.3, -0.25) is 0 Å². The van der Waals surface area contributed by atoms with Crippen LogP contribution < -0.4 is 10.5 Å². The molecule has 1 unspecified atom stereocenters. The number of nitrogens with one attached hydrogen (secondary N) is 1. The highest BCUT2D eigenvalue weighted by molar-refractivity contribution is 7.91. The topological polar surface area (TPSA) is 72.2 Å². The monoisotopic (exact) mass is 298 g/mol. The van der Waals surface area contributed by atoms with Crippen LogP contribution in [0.15, 0.2) is 16.3 Å². The van der Waals surface area contributed by atoms with Crippen molar-refractivity contribution in [3.63, 3.8) is 0 Å². The van der Waals surface area contributed by atoms with Crippen LogP contribution in [0, 0.1) is 6.92 Å². The van der Waals surface area contributed by atoms with E-state index in [-0.39, 0.29) is 18.4 Å². The summed E-state index contributed by atoms with van der Waals surface area (Å²) < 4.78 is 26.5. The van der Waals surface area contributed by atoms with E-state index in [0.29, 0.717) is 10.8 Å². The van der Waals surface area contributed by atoms with E-state index < -0.39 is 10.0 Å². The van der Waals surface area contributed by atoms with Crippen LogP contribution in [-0.4, -0.2) is 21.0 Å². The van der Waals surface area contributed by atoms with Gasteiger partial charge < -0.3 is 5.73 Å². The third-order valence-corrected chi connectivity index (χ3v) is 5.09. The van der Waals surface area contributed by atoms with Crippen LogP contribution in [0.2, 0.25) is 0 Å². The lowest BCUT2D eigenvalue weighted by atomic mass is 10.2. The number of rotatable bonds is 6. The molecule has 100 valence electrons. The van der Waals surface area contributed by atoms with E-state index in [2.05, 4.69) is 4.72 Å². The third-order valence-electron chi connectivity index (χ3n) is 2.18. The molecule has 0 saturated heterocycles. The van der Waals surface area contributed by atoms with Crippen molar-refractivity contribution < 1.29 is 8.42 Å². The number of halogens is 1. The molecule has 0 fully saturated rings. The van der Waals surface area contributed by atoms with Crippen LogP contribution >= 0.6 is 23.7 Å². The quantitative estimate of drug-likeness (QED) is 0.842. The molecule has 0 aliphatic rings. The van der Waals surface area contributed by atoms with Crippen molar-refractivity contribution in [3.8, 4) is 0 Å². The highest BCUT2D eigenvalue weighted by atomic mass is 35.5. The number of aryl methyl sites for hydroxylation is 1. The zero-order valence-corrected chi connectivity index (χ0v) is 12.4. The van der Waals surface area contributed by atoms with Gasteiger partial charge in [-0.15, -0.1) is 23.7 Å². The summed E-state index contributed by atoms with van der Waals surface area (Å²) >= 11 is 1.27. The Morgan fingerprint density at radius 1 is 1.47 bits per heavy atom. The van der Waals surface area contributed by atoms with Gasteiger partial charge in [-0.25, -0.2) is 13.1 Å². The number of hydrogen-bond donors (Lipinski definition) is 2. The van der Waals surface area contributed by atoms with E-state index in [1.165, 1.54) is 11.3 Å². The normalized spacial score (nSPS) is 13.1. The fraction of sp³-hybridized carbons (Fsp3) is 0.600. The first-order valence-corrected chi connectivity index (χ1v) is 7.57. The summed E-state index contributed by atoms with van der Waals surface area (Å²) in [4.78, 5) is 0.984. The van der Waals surface area contributed by atoms with E-state index in [9.17, 15) is 8.42 Å². The first-order chi connectivity index (χ1) is 7.45. The van der Waals surface area contributed by atoms with Gasteiger partial charge >= 0.3 is 0 Å². The Labute approximate surface area is 113 Å². The zero-order chi connectivity index (χ0) is 12.2. The molecule has 1 rings (SSSR count). The zero-order valence-electron chi connectivity index (χ0n) is 9.97. The standard InChI is InChI=1S/C10H18N2O2S2.ClH/c1-3-4-9(11)7-12-16(13,14)10-6-5-8(2)15-10;/h5-6,9,12H,3-4,7,11H2,1-2H3;1H. The first-order valence-electron chi connectivity index (χ1n) is 5.27. The minimum atomic E-state index is -3.36. The van der Waals surface area contributed by atoms with Crippen LogP contribution in [0.1, 0.15) is 24.6 Å². The summed E-state index contributed by atoms with van der Waals surface area (Å²) in [5.74, 6) is 0. The molecule has 0 amide bonds. The van der Waals surface area contributed by atoms with Crippen molar-refractivity contribution >= 4 is 33.8 Å². The predicted octanol–water partition coefficient (Wildman–Crippen LogP) is 1.88. The van der Waals surface area contributed by atoms with Crippen LogP contribution in [0.3, 0.4) is 0 Å². The molecule has 17 heavy (non-hydrogen) atoms. The maximum Gasteiger partial charge on any atom is 0.250 e. The first kappa shape index (κ1) is 16.9. The van der Waals surface area contributed by atoms with E-state index in [4.69, 9.17) is 5.73 Å². The molecule has 0 radical (unpaired) electrons. The Kier molecular flexibility index (Phi) is 7.27. The highest BCUT2D eigenvalue weighted by Crippen LogP contribution is 2.20. The van der Waals surface area contributed by atoms with Crippen LogP contribution in [0.25, 0.3) is 0 Å². The van der Waals surface area contributed by atoms with Gasteiger partial charge in [-0.1, -0.05) is 13.3 Å². The molecule has 1 atom stereocenters.